The minimum absolute atomic E-state index is 0.00466. The van der Waals surface area contributed by atoms with Gasteiger partial charge in [0.15, 0.2) is 0 Å². The molecule has 0 spiro atoms. The molecule has 2 N–H and O–H groups in total. The maximum atomic E-state index is 13.5. The Bertz CT molecular complexity index is 601. The SMILES string of the molecule is OC(CNc1c(F)cccc1Cl)c1cc(F)ccc1F. The quantitative estimate of drug-likeness (QED) is 0.897. The maximum Gasteiger partial charge on any atom is 0.147 e. The monoisotopic (exact) mass is 301 g/mol. The number of aliphatic hydroxyl groups excluding tert-OH is 1. The number of para-hydroxylation sites is 1. The Morgan fingerprint density at radius 3 is 2.55 bits per heavy atom. The number of nitrogens with one attached hydrogen (secondary N) is 1. The Hall–Kier alpha value is -1.72. The number of anilines is 1. The molecule has 6 heteroatoms. The van der Waals surface area contributed by atoms with Gasteiger partial charge < -0.3 is 10.4 Å². The van der Waals surface area contributed by atoms with Crippen molar-refractivity contribution in [2.75, 3.05) is 11.9 Å². The molecule has 20 heavy (non-hydrogen) atoms. The zero-order valence-electron chi connectivity index (χ0n) is 10.2. The van der Waals surface area contributed by atoms with Crippen LogP contribution in [0, 0.1) is 17.5 Å². The van der Waals surface area contributed by atoms with Crippen molar-refractivity contribution < 1.29 is 18.3 Å². The van der Waals surface area contributed by atoms with E-state index in [1.54, 1.807) is 0 Å². The van der Waals surface area contributed by atoms with Crippen LogP contribution in [-0.2, 0) is 0 Å². The van der Waals surface area contributed by atoms with Crippen molar-refractivity contribution in [1.82, 2.24) is 0 Å². The molecule has 0 saturated heterocycles. The molecule has 0 aromatic heterocycles. The minimum atomic E-state index is -1.33. The highest BCUT2D eigenvalue weighted by Crippen LogP contribution is 2.26. The van der Waals surface area contributed by atoms with Crippen LogP contribution in [0.3, 0.4) is 0 Å². The molecule has 0 saturated carbocycles. The molecule has 0 aliphatic carbocycles. The van der Waals surface area contributed by atoms with Gasteiger partial charge in [0.1, 0.15) is 17.5 Å². The van der Waals surface area contributed by atoms with Crippen LogP contribution in [-0.4, -0.2) is 11.7 Å². The van der Waals surface area contributed by atoms with Crippen LogP contribution < -0.4 is 5.32 Å². The fraction of sp³-hybridized carbons (Fsp3) is 0.143. The summed E-state index contributed by atoms with van der Waals surface area (Å²) in [6, 6.07) is 6.87. The first kappa shape index (κ1) is 14.7. The van der Waals surface area contributed by atoms with Crippen LogP contribution in [0.25, 0.3) is 0 Å². The summed E-state index contributed by atoms with van der Waals surface area (Å²) >= 11 is 5.80. The maximum absolute atomic E-state index is 13.5. The first-order valence-electron chi connectivity index (χ1n) is 5.80. The molecular weight excluding hydrogens is 291 g/mol. The van der Waals surface area contributed by atoms with Crippen molar-refractivity contribution in [2.24, 2.45) is 0 Å². The lowest BCUT2D eigenvalue weighted by atomic mass is 10.1. The second-order valence-corrected chi connectivity index (χ2v) is 4.57. The van der Waals surface area contributed by atoms with Crippen LogP contribution >= 0.6 is 11.6 Å². The Labute approximate surface area is 118 Å². The largest absolute Gasteiger partial charge is 0.386 e. The molecule has 106 valence electrons. The van der Waals surface area contributed by atoms with Crippen LogP contribution in [0.1, 0.15) is 11.7 Å². The fourth-order valence-electron chi connectivity index (χ4n) is 1.75. The molecule has 2 nitrogen and oxygen atoms in total. The lowest BCUT2D eigenvalue weighted by Crippen LogP contribution is -2.14. The highest BCUT2D eigenvalue weighted by molar-refractivity contribution is 6.33. The van der Waals surface area contributed by atoms with Crippen molar-refractivity contribution in [3.05, 3.63) is 64.4 Å². The molecule has 2 rings (SSSR count). The van der Waals surface area contributed by atoms with Crippen LogP contribution in [0.15, 0.2) is 36.4 Å². The Kier molecular flexibility index (Phi) is 4.52. The third-order valence-electron chi connectivity index (χ3n) is 2.75. The summed E-state index contributed by atoms with van der Waals surface area (Å²) in [6.45, 7) is -0.207. The molecule has 0 heterocycles. The number of aliphatic hydroxyl groups is 1. The molecule has 0 fully saturated rings. The van der Waals surface area contributed by atoms with Crippen LogP contribution in [0.5, 0.6) is 0 Å². The van der Waals surface area contributed by atoms with Crippen LogP contribution in [0.2, 0.25) is 5.02 Å². The highest BCUT2D eigenvalue weighted by Gasteiger charge is 2.15. The Morgan fingerprint density at radius 1 is 1.10 bits per heavy atom. The summed E-state index contributed by atoms with van der Waals surface area (Å²) in [4.78, 5) is 0. The summed E-state index contributed by atoms with van der Waals surface area (Å²) in [5, 5.41) is 12.6. The highest BCUT2D eigenvalue weighted by atomic mass is 35.5. The molecule has 0 radical (unpaired) electrons. The smallest absolute Gasteiger partial charge is 0.147 e. The number of hydrogen-bond donors (Lipinski definition) is 2. The Morgan fingerprint density at radius 2 is 1.85 bits per heavy atom. The van der Waals surface area contributed by atoms with Gasteiger partial charge in [0.2, 0.25) is 0 Å². The van der Waals surface area contributed by atoms with Gasteiger partial charge in [0.25, 0.3) is 0 Å². The second kappa shape index (κ2) is 6.15. The van der Waals surface area contributed by atoms with Gasteiger partial charge >= 0.3 is 0 Å². The molecule has 2 aromatic carbocycles. The molecule has 0 aliphatic rings. The number of hydrogen-bond acceptors (Lipinski definition) is 2. The Balaban J connectivity index is 2.13. The molecule has 2 aromatic rings. The zero-order chi connectivity index (χ0) is 14.7. The van der Waals surface area contributed by atoms with Crippen molar-refractivity contribution in [3.8, 4) is 0 Å². The van der Waals surface area contributed by atoms with Gasteiger partial charge in [-0.3, -0.25) is 0 Å². The van der Waals surface area contributed by atoms with E-state index in [1.807, 2.05) is 0 Å². The molecular formula is C14H11ClF3NO. The van der Waals surface area contributed by atoms with E-state index in [-0.39, 0.29) is 22.8 Å². The van der Waals surface area contributed by atoms with Crippen molar-refractivity contribution in [3.63, 3.8) is 0 Å². The molecule has 1 atom stereocenters. The standard InChI is InChI=1S/C14H11ClF3NO/c15-10-2-1-3-12(18)14(10)19-7-13(20)9-6-8(16)4-5-11(9)17/h1-6,13,19-20H,7H2. The second-order valence-electron chi connectivity index (χ2n) is 4.16. The summed E-state index contributed by atoms with van der Waals surface area (Å²) in [5.74, 6) is -1.99. The van der Waals surface area contributed by atoms with Crippen molar-refractivity contribution in [2.45, 2.75) is 6.10 Å². The van der Waals surface area contributed by atoms with Crippen LogP contribution in [0.4, 0.5) is 18.9 Å². The summed E-state index contributed by atoms with van der Waals surface area (Å²) in [6.07, 6.45) is -1.33. The zero-order valence-corrected chi connectivity index (χ0v) is 11.0. The lowest BCUT2D eigenvalue weighted by molar-refractivity contribution is 0.186. The van der Waals surface area contributed by atoms with E-state index in [4.69, 9.17) is 11.6 Å². The molecule has 1 unspecified atom stereocenters. The number of rotatable bonds is 4. The van der Waals surface area contributed by atoms with E-state index in [2.05, 4.69) is 5.32 Å². The van der Waals surface area contributed by atoms with Gasteiger partial charge in [-0.1, -0.05) is 17.7 Å². The van der Waals surface area contributed by atoms with E-state index in [9.17, 15) is 18.3 Å². The van der Waals surface area contributed by atoms with Gasteiger partial charge in [-0.15, -0.1) is 0 Å². The summed E-state index contributed by atoms with van der Waals surface area (Å²) < 4.78 is 40.0. The van der Waals surface area contributed by atoms with E-state index in [0.717, 1.165) is 18.2 Å². The predicted octanol–water partition coefficient (Wildman–Crippen LogP) is 3.90. The van der Waals surface area contributed by atoms with Crippen molar-refractivity contribution >= 4 is 17.3 Å². The normalized spacial score (nSPS) is 12.2. The minimum Gasteiger partial charge on any atom is -0.386 e. The molecule has 0 aliphatic heterocycles. The van der Waals surface area contributed by atoms with Gasteiger partial charge in [-0.05, 0) is 30.3 Å². The fourth-order valence-corrected chi connectivity index (χ4v) is 1.98. The average molecular weight is 302 g/mol. The first-order chi connectivity index (χ1) is 9.49. The third kappa shape index (κ3) is 3.23. The lowest BCUT2D eigenvalue weighted by Gasteiger charge is -2.15. The van der Waals surface area contributed by atoms with Crippen molar-refractivity contribution in [1.29, 1.82) is 0 Å². The van der Waals surface area contributed by atoms with Gasteiger partial charge in [-0.2, -0.15) is 0 Å². The first-order valence-corrected chi connectivity index (χ1v) is 6.17. The van der Waals surface area contributed by atoms with E-state index < -0.39 is 23.6 Å². The van der Waals surface area contributed by atoms with E-state index in [0.29, 0.717) is 0 Å². The van der Waals surface area contributed by atoms with E-state index in [1.165, 1.54) is 18.2 Å². The summed E-state index contributed by atoms with van der Waals surface area (Å²) in [7, 11) is 0. The molecule has 0 bridgehead atoms. The van der Waals surface area contributed by atoms with Gasteiger partial charge in [-0.25, -0.2) is 13.2 Å². The average Bonchev–Trinajstić information content (AvgIpc) is 2.40. The number of benzene rings is 2. The van der Waals surface area contributed by atoms with Gasteiger partial charge in [0, 0.05) is 12.1 Å². The topological polar surface area (TPSA) is 32.3 Å². The molecule has 0 amide bonds. The summed E-state index contributed by atoms with van der Waals surface area (Å²) in [5.41, 5.74) is -0.199. The number of halogens is 4. The van der Waals surface area contributed by atoms with E-state index >= 15 is 0 Å². The third-order valence-corrected chi connectivity index (χ3v) is 3.07. The predicted molar refractivity (Wildman–Crippen MR) is 71.2 cm³/mol. The van der Waals surface area contributed by atoms with Gasteiger partial charge in [0.05, 0.1) is 16.8 Å².